The van der Waals surface area contributed by atoms with Gasteiger partial charge in [0.2, 0.25) is 0 Å². The number of halogens is 1. The molecule has 0 aliphatic rings. The highest BCUT2D eigenvalue weighted by atomic mass is 35.5. The molecule has 2 heteroatoms. The van der Waals surface area contributed by atoms with Crippen LogP contribution in [0.25, 0.3) is 0 Å². The summed E-state index contributed by atoms with van der Waals surface area (Å²) < 4.78 is 0. The van der Waals surface area contributed by atoms with Gasteiger partial charge in [0.25, 0.3) is 0 Å². The van der Waals surface area contributed by atoms with Crippen molar-refractivity contribution >= 4 is 11.6 Å². The number of benzene rings is 1. The van der Waals surface area contributed by atoms with E-state index >= 15 is 0 Å². The van der Waals surface area contributed by atoms with Gasteiger partial charge in [0.1, 0.15) is 0 Å². The maximum Gasteiger partial charge on any atom is 0.0843 e. The van der Waals surface area contributed by atoms with Gasteiger partial charge >= 0.3 is 0 Å². The van der Waals surface area contributed by atoms with Gasteiger partial charge in [0.15, 0.2) is 0 Å². The minimum Gasteiger partial charge on any atom is -0.386 e. The summed E-state index contributed by atoms with van der Waals surface area (Å²) in [5.41, 5.74) is 1.24. The lowest BCUT2D eigenvalue weighted by atomic mass is 9.88. The van der Waals surface area contributed by atoms with Crippen molar-refractivity contribution in [1.29, 1.82) is 0 Å². The summed E-state index contributed by atoms with van der Waals surface area (Å²) in [4.78, 5) is 0. The van der Waals surface area contributed by atoms with E-state index in [1.54, 1.807) is 13.8 Å². The second-order valence-electron chi connectivity index (χ2n) is 4.45. The van der Waals surface area contributed by atoms with E-state index in [-0.39, 0.29) is 0 Å². The molecule has 78 valence electrons. The van der Waals surface area contributed by atoms with Crippen LogP contribution in [-0.2, 0) is 5.60 Å². The molecule has 1 aromatic rings. The lowest BCUT2D eigenvalue weighted by Crippen LogP contribution is -2.18. The van der Waals surface area contributed by atoms with Crippen LogP contribution < -0.4 is 0 Å². The van der Waals surface area contributed by atoms with Gasteiger partial charge in [-0.15, -0.1) is 0 Å². The fourth-order valence-corrected chi connectivity index (χ4v) is 1.73. The summed E-state index contributed by atoms with van der Waals surface area (Å²) >= 11 is 5.92. The van der Waals surface area contributed by atoms with E-state index in [1.165, 1.54) is 0 Å². The Labute approximate surface area is 90.7 Å². The van der Waals surface area contributed by atoms with Gasteiger partial charge in [-0.3, -0.25) is 0 Å². The summed E-state index contributed by atoms with van der Waals surface area (Å²) in [6, 6.07) is 5.70. The molecule has 14 heavy (non-hydrogen) atoms. The van der Waals surface area contributed by atoms with Crippen LogP contribution in [0.1, 0.15) is 44.7 Å². The number of hydrogen-bond acceptors (Lipinski definition) is 1. The molecule has 0 radical (unpaired) electrons. The number of rotatable bonds is 2. The SMILES string of the molecule is CC(C)c1ccc(Cl)cc1C(C)(C)O. The zero-order valence-corrected chi connectivity index (χ0v) is 9.89. The maximum atomic E-state index is 9.98. The fourth-order valence-electron chi connectivity index (χ4n) is 1.56. The molecule has 0 aliphatic carbocycles. The zero-order chi connectivity index (χ0) is 10.9. The highest BCUT2D eigenvalue weighted by molar-refractivity contribution is 6.30. The highest BCUT2D eigenvalue weighted by Crippen LogP contribution is 2.30. The Morgan fingerprint density at radius 2 is 1.86 bits per heavy atom. The minimum atomic E-state index is -0.829. The van der Waals surface area contributed by atoms with Gasteiger partial charge in [-0.2, -0.15) is 0 Å². The van der Waals surface area contributed by atoms with E-state index < -0.39 is 5.60 Å². The molecular formula is C12H17ClO. The van der Waals surface area contributed by atoms with E-state index in [2.05, 4.69) is 13.8 Å². The van der Waals surface area contributed by atoms with Crippen LogP contribution in [0.4, 0.5) is 0 Å². The molecule has 0 saturated carbocycles. The highest BCUT2D eigenvalue weighted by Gasteiger charge is 2.21. The monoisotopic (exact) mass is 212 g/mol. The molecule has 0 spiro atoms. The Morgan fingerprint density at radius 3 is 2.29 bits per heavy atom. The third-order valence-electron chi connectivity index (χ3n) is 2.30. The first kappa shape index (κ1) is 11.5. The zero-order valence-electron chi connectivity index (χ0n) is 9.13. The molecule has 0 heterocycles. The summed E-state index contributed by atoms with van der Waals surface area (Å²) in [5.74, 6) is 0.397. The molecule has 0 aromatic heterocycles. The van der Waals surface area contributed by atoms with Gasteiger partial charge in [0.05, 0.1) is 5.60 Å². The average molecular weight is 213 g/mol. The Bertz CT molecular complexity index is 324. The van der Waals surface area contributed by atoms with E-state index in [1.807, 2.05) is 18.2 Å². The summed E-state index contributed by atoms with van der Waals surface area (Å²) in [5, 5.41) is 10.7. The van der Waals surface area contributed by atoms with Crippen LogP contribution in [0.15, 0.2) is 18.2 Å². The van der Waals surface area contributed by atoms with Crippen LogP contribution in [0.5, 0.6) is 0 Å². The van der Waals surface area contributed by atoms with Gasteiger partial charge < -0.3 is 5.11 Å². The van der Waals surface area contributed by atoms with Crippen LogP contribution in [0.3, 0.4) is 0 Å². The Morgan fingerprint density at radius 1 is 1.29 bits per heavy atom. The van der Waals surface area contributed by atoms with Gasteiger partial charge in [-0.25, -0.2) is 0 Å². The van der Waals surface area contributed by atoms with E-state index in [0.717, 1.165) is 11.1 Å². The fraction of sp³-hybridized carbons (Fsp3) is 0.500. The van der Waals surface area contributed by atoms with E-state index in [9.17, 15) is 5.11 Å². The molecule has 1 rings (SSSR count). The van der Waals surface area contributed by atoms with Crippen molar-refractivity contribution in [3.8, 4) is 0 Å². The Balaban J connectivity index is 3.30. The van der Waals surface area contributed by atoms with Gasteiger partial charge in [-0.05, 0) is 43.0 Å². The molecular weight excluding hydrogens is 196 g/mol. The quantitative estimate of drug-likeness (QED) is 0.793. The van der Waals surface area contributed by atoms with Crippen molar-refractivity contribution in [2.45, 2.75) is 39.2 Å². The number of aliphatic hydroxyl groups is 1. The topological polar surface area (TPSA) is 20.2 Å². The van der Waals surface area contributed by atoms with Crippen molar-refractivity contribution in [2.75, 3.05) is 0 Å². The minimum absolute atomic E-state index is 0.397. The molecule has 1 N–H and O–H groups in total. The first-order chi connectivity index (χ1) is 6.32. The Kier molecular flexibility index (Phi) is 3.23. The van der Waals surface area contributed by atoms with Crippen molar-refractivity contribution in [3.63, 3.8) is 0 Å². The lowest BCUT2D eigenvalue weighted by molar-refractivity contribution is 0.0773. The van der Waals surface area contributed by atoms with Gasteiger partial charge in [0, 0.05) is 5.02 Å². The Hall–Kier alpha value is -0.530. The van der Waals surface area contributed by atoms with Crippen molar-refractivity contribution in [3.05, 3.63) is 34.3 Å². The molecule has 0 fully saturated rings. The lowest BCUT2D eigenvalue weighted by Gasteiger charge is -2.23. The van der Waals surface area contributed by atoms with E-state index in [0.29, 0.717) is 10.9 Å². The normalized spacial score (nSPS) is 12.2. The predicted molar refractivity (Wildman–Crippen MR) is 60.8 cm³/mol. The summed E-state index contributed by atoms with van der Waals surface area (Å²) in [6.07, 6.45) is 0. The molecule has 0 amide bonds. The van der Waals surface area contributed by atoms with Crippen molar-refractivity contribution in [1.82, 2.24) is 0 Å². The molecule has 0 bridgehead atoms. The third kappa shape index (κ3) is 2.49. The molecule has 1 nitrogen and oxygen atoms in total. The van der Waals surface area contributed by atoms with E-state index in [4.69, 9.17) is 11.6 Å². The third-order valence-corrected chi connectivity index (χ3v) is 2.53. The molecule has 0 atom stereocenters. The first-order valence-corrected chi connectivity index (χ1v) is 5.22. The van der Waals surface area contributed by atoms with Crippen LogP contribution >= 0.6 is 11.6 Å². The van der Waals surface area contributed by atoms with Crippen LogP contribution in [0, 0.1) is 0 Å². The predicted octanol–water partition coefficient (Wildman–Crippen LogP) is 3.69. The molecule has 0 saturated heterocycles. The largest absolute Gasteiger partial charge is 0.386 e. The van der Waals surface area contributed by atoms with Crippen LogP contribution in [0.2, 0.25) is 5.02 Å². The summed E-state index contributed by atoms with van der Waals surface area (Å²) in [7, 11) is 0. The molecule has 0 unspecified atom stereocenters. The van der Waals surface area contributed by atoms with Crippen molar-refractivity contribution < 1.29 is 5.11 Å². The molecule has 0 aliphatic heterocycles. The average Bonchev–Trinajstić information content (AvgIpc) is 2.01. The van der Waals surface area contributed by atoms with Gasteiger partial charge in [-0.1, -0.05) is 31.5 Å². The number of hydrogen-bond donors (Lipinski definition) is 1. The smallest absolute Gasteiger partial charge is 0.0843 e. The summed E-state index contributed by atoms with van der Waals surface area (Å²) in [6.45, 7) is 7.78. The molecule has 1 aromatic carbocycles. The second kappa shape index (κ2) is 3.92. The maximum absolute atomic E-state index is 9.98. The standard InChI is InChI=1S/C12H17ClO/c1-8(2)10-6-5-9(13)7-11(10)12(3,4)14/h5-8,14H,1-4H3. The second-order valence-corrected chi connectivity index (χ2v) is 4.88. The first-order valence-electron chi connectivity index (χ1n) is 4.84. The van der Waals surface area contributed by atoms with Crippen molar-refractivity contribution in [2.24, 2.45) is 0 Å². The van der Waals surface area contributed by atoms with Crippen LogP contribution in [-0.4, -0.2) is 5.11 Å².